The molecule has 0 aromatic rings. The first-order chi connectivity index (χ1) is 5.27. The van der Waals surface area contributed by atoms with Crippen LogP contribution < -0.4 is 0 Å². The van der Waals surface area contributed by atoms with Crippen LogP contribution in [0.4, 0.5) is 0 Å². The summed E-state index contributed by atoms with van der Waals surface area (Å²) in [5.41, 5.74) is 1.08. The van der Waals surface area contributed by atoms with Crippen molar-refractivity contribution in [3.8, 4) is 12.1 Å². The maximum Gasteiger partial charge on any atom is 0.161 e. The molecule has 0 saturated heterocycles. The molecule has 3 nitrogen and oxygen atoms in total. The molecule has 11 heavy (non-hydrogen) atoms. The van der Waals surface area contributed by atoms with E-state index in [1.807, 2.05) is 6.92 Å². The number of allylic oxidation sites excluding steroid dienone is 1. The largest absolute Gasteiger partial charge is 0.248 e. The molecule has 4 heteroatoms. The Hall–Kier alpha value is -1.26. The average molecular weight is 163 g/mol. The van der Waals surface area contributed by atoms with Gasteiger partial charge < -0.3 is 0 Å². The Bertz CT molecular complexity index is 298. The molecule has 0 aliphatic carbocycles. The first kappa shape index (κ1) is 7.84. The number of hydrogen-bond acceptors (Lipinski definition) is 4. The van der Waals surface area contributed by atoms with E-state index in [1.54, 1.807) is 12.1 Å². The average Bonchev–Trinajstić information content (AvgIpc) is 2.39. The minimum absolute atomic E-state index is 0.117. The van der Waals surface area contributed by atoms with Gasteiger partial charge in [0.05, 0.1) is 0 Å². The SMILES string of the molecule is CC1=NC(=C(C#N)C#N)SC1. The van der Waals surface area contributed by atoms with Crippen LogP contribution in [0.2, 0.25) is 0 Å². The zero-order valence-corrected chi connectivity index (χ0v) is 6.77. The predicted molar refractivity (Wildman–Crippen MR) is 43.8 cm³/mol. The van der Waals surface area contributed by atoms with Gasteiger partial charge in [-0.2, -0.15) is 10.5 Å². The molecule has 1 heterocycles. The third kappa shape index (κ3) is 1.60. The van der Waals surface area contributed by atoms with Gasteiger partial charge in [0.1, 0.15) is 17.2 Å². The highest BCUT2D eigenvalue weighted by atomic mass is 32.2. The van der Waals surface area contributed by atoms with E-state index in [-0.39, 0.29) is 5.57 Å². The third-order valence-corrected chi connectivity index (χ3v) is 2.28. The molecule has 1 aliphatic heterocycles. The quantitative estimate of drug-likeness (QED) is 0.508. The van der Waals surface area contributed by atoms with E-state index in [2.05, 4.69) is 4.99 Å². The van der Waals surface area contributed by atoms with E-state index in [1.165, 1.54) is 11.8 Å². The van der Waals surface area contributed by atoms with E-state index in [0.29, 0.717) is 5.03 Å². The Morgan fingerprint density at radius 2 is 2.18 bits per heavy atom. The summed E-state index contributed by atoms with van der Waals surface area (Å²) in [6.07, 6.45) is 0. The van der Waals surface area contributed by atoms with Gasteiger partial charge >= 0.3 is 0 Å². The van der Waals surface area contributed by atoms with Crippen LogP contribution in [0.25, 0.3) is 0 Å². The summed E-state index contributed by atoms with van der Waals surface area (Å²) in [7, 11) is 0. The maximum absolute atomic E-state index is 8.46. The molecule has 0 unspecified atom stereocenters. The van der Waals surface area contributed by atoms with Crippen LogP contribution in [-0.4, -0.2) is 11.5 Å². The van der Waals surface area contributed by atoms with Crippen LogP contribution in [0.15, 0.2) is 15.6 Å². The Morgan fingerprint density at radius 1 is 1.55 bits per heavy atom. The number of thioether (sulfide) groups is 1. The van der Waals surface area contributed by atoms with Crippen molar-refractivity contribution in [3.63, 3.8) is 0 Å². The molecule has 0 atom stereocenters. The van der Waals surface area contributed by atoms with Gasteiger partial charge in [-0.15, -0.1) is 0 Å². The zero-order valence-electron chi connectivity index (χ0n) is 5.96. The second-order valence-corrected chi connectivity index (χ2v) is 3.00. The minimum Gasteiger partial charge on any atom is -0.248 e. The molecule has 1 aliphatic rings. The second-order valence-electron chi connectivity index (χ2n) is 2.04. The Kier molecular flexibility index (Phi) is 2.30. The second kappa shape index (κ2) is 3.23. The van der Waals surface area contributed by atoms with Crippen molar-refractivity contribution in [2.75, 3.05) is 5.75 Å². The number of hydrogen-bond donors (Lipinski definition) is 0. The molecule has 1 rings (SSSR count). The number of nitrogens with zero attached hydrogens (tertiary/aromatic N) is 3. The number of nitriles is 2. The lowest BCUT2D eigenvalue weighted by Gasteiger charge is -1.86. The fraction of sp³-hybridized carbons (Fsp3) is 0.286. The van der Waals surface area contributed by atoms with Gasteiger partial charge in [-0.05, 0) is 6.92 Å². The van der Waals surface area contributed by atoms with Gasteiger partial charge in [-0.3, -0.25) is 0 Å². The molecular weight excluding hydrogens is 158 g/mol. The van der Waals surface area contributed by atoms with Gasteiger partial charge in [-0.25, -0.2) is 4.99 Å². The predicted octanol–water partition coefficient (Wildman–Crippen LogP) is 1.45. The van der Waals surface area contributed by atoms with Crippen molar-refractivity contribution in [1.82, 2.24) is 0 Å². The lowest BCUT2D eigenvalue weighted by Crippen LogP contribution is -1.84. The zero-order chi connectivity index (χ0) is 8.27. The van der Waals surface area contributed by atoms with Crippen LogP contribution in [-0.2, 0) is 0 Å². The molecule has 0 saturated carbocycles. The summed E-state index contributed by atoms with van der Waals surface area (Å²) in [5.74, 6) is 0.794. The molecule has 0 spiro atoms. The van der Waals surface area contributed by atoms with Crippen molar-refractivity contribution in [3.05, 3.63) is 10.6 Å². The lowest BCUT2D eigenvalue weighted by molar-refractivity contribution is 1.41. The normalized spacial score (nSPS) is 15.2. The van der Waals surface area contributed by atoms with Gasteiger partial charge in [0.25, 0.3) is 0 Å². The first-order valence-electron chi connectivity index (χ1n) is 2.99. The van der Waals surface area contributed by atoms with Crippen molar-refractivity contribution in [2.45, 2.75) is 6.92 Å². The van der Waals surface area contributed by atoms with E-state index in [9.17, 15) is 0 Å². The number of rotatable bonds is 0. The smallest absolute Gasteiger partial charge is 0.161 e. The van der Waals surface area contributed by atoms with Gasteiger partial charge in [-0.1, -0.05) is 11.8 Å². The van der Waals surface area contributed by atoms with E-state index >= 15 is 0 Å². The number of aliphatic imine (C=N–C) groups is 1. The Labute approximate surface area is 69.0 Å². The Balaban J connectivity index is 3.02. The molecule has 0 bridgehead atoms. The summed E-state index contributed by atoms with van der Waals surface area (Å²) < 4.78 is 0. The fourth-order valence-corrected chi connectivity index (χ4v) is 1.53. The lowest BCUT2D eigenvalue weighted by atomic mass is 10.3. The van der Waals surface area contributed by atoms with Gasteiger partial charge in [0.2, 0.25) is 0 Å². The van der Waals surface area contributed by atoms with Gasteiger partial charge in [0.15, 0.2) is 5.57 Å². The summed E-state index contributed by atoms with van der Waals surface area (Å²) in [6.45, 7) is 1.88. The molecule has 0 radical (unpaired) electrons. The Morgan fingerprint density at radius 3 is 2.55 bits per heavy atom. The van der Waals surface area contributed by atoms with Crippen LogP contribution in [0, 0.1) is 22.7 Å². The summed E-state index contributed by atoms with van der Waals surface area (Å²) in [5, 5.41) is 17.5. The van der Waals surface area contributed by atoms with E-state index < -0.39 is 0 Å². The van der Waals surface area contributed by atoms with Crippen LogP contribution in [0.3, 0.4) is 0 Å². The first-order valence-corrected chi connectivity index (χ1v) is 3.98. The van der Waals surface area contributed by atoms with Crippen LogP contribution >= 0.6 is 11.8 Å². The monoisotopic (exact) mass is 163 g/mol. The third-order valence-electron chi connectivity index (χ3n) is 1.15. The molecule has 0 aromatic heterocycles. The molecule has 0 amide bonds. The van der Waals surface area contributed by atoms with Crippen molar-refractivity contribution in [1.29, 1.82) is 10.5 Å². The van der Waals surface area contributed by atoms with E-state index in [0.717, 1.165) is 11.5 Å². The summed E-state index contributed by atoms with van der Waals surface area (Å²) in [4.78, 5) is 4.04. The molecule has 54 valence electrons. The molecule has 0 aromatic carbocycles. The fourth-order valence-electron chi connectivity index (χ4n) is 0.659. The minimum atomic E-state index is 0.117. The topological polar surface area (TPSA) is 59.9 Å². The van der Waals surface area contributed by atoms with Crippen LogP contribution in [0.1, 0.15) is 6.92 Å². The summed E-state index contributed by atoms with van der Waals surface area (Å²) >= 11 is 1.44. The van der Waals surface area contributed by atoms with Crippen molar-refractivity contribution < 1.29 is 0 Å². The molecule has 0 fully saturated rings. The maximum atomic E-state index is 8.46. The van der Waals surface area contributed by atoms with E-state index in [4.69, 9.17) is 10.5 Å². The van der Waals surface area contributed by atoms with Crippen molar-refractivity contribution in [2.24, 2.45) is 4.99 Å². The highest BCUT2D eigenvalue weighted by molar-refractivity contribution is 8.04. The van der Waals surface area contributed by atoms with Gasteiger partial charge in [0, 0.05) is 11.5 Å². The highest BCUT2D eigenvalue weighted by Crippen LogP contribution is 2.26. The van der Waals surface area contributed by atoms with Crippen molar-refractivity contribution >= 4 is 17.5 Å². The standard InChI is InChI=1S/C7H5N3S/c1-5-4-11-7(10-5)6(2-8)3-9/h4H2,1H3. The molecule has 0 N–H and O–H groups in total. The van der Waals surface area contributed by atoms with Crippen LogP contribution in [0.5, 0.6) is 0 Å². The molecular formula is C7H5N3S. The highest BCUT2D eigenvalue weighted by Gasteiger charge is 2.12. The summed E-state index contributed by atoms with van der Waals surface area (Å²) in [6, 6.07) is 3.61.